The quantitative estimate of drug-likeness (QED) is 0.0377. The highest BCUT2D eigenvalue weighted by atomic mass is 16.6. The molecule has 1 atom stereocenters. The zero-order valence-electron chi connectivity index (χ0n) is 38.3. The highest BCUT2D eigenvalue weighted by molar-refractivity contribution is 5.70. The molecule has 0 amide bonds. The minimum absolute atomic E-state index is 0.0669. The number of ether oxygens (including phenoxy) is 2. The topological polar surface area (TPSA) is 72.8 Å². The molecule has 0 aliphatic heterocycles. The van der Waals surface area contributed by atoms with E-state index in [1.54, 1.807) is 0 Å². The fourth-order valence-electron chi connectivity index (χ4n) is 7.11. The summed E-state index contributed by atoms with van der Waals surface area (Å²) in [6.45, 7) is 4.05. The van der Waals surface area contributed by atoms with Gasteiger partial charge < -0.3 is 14.6 Å². The fourth-order valence-corrected chi connectivity index (χ4v) is 7.11. The molecule has 0 aromatic rings. The first-order chi connectivity index (χ1) is 28.6. The summed E-state index contributed by atoms with van der Waals surface area (Å²) < 4.78 is 10.7. The number of allylic oxidation sites excluding steroid dienone is 10. The van der Waals surface area contributed by atoms with Crippen LogP contribution in [0, 0.1) is 0 Å². The van der Waals surface area contributed by atoms with Crippen LogP contribution >= 0.6 is 0 Å². The normalized spacial score (nSPS) is 12.7. The van der Waals surface area contributed by atoms with Gasteiger partial charge in [0.05, 0.1) is 6.61 Å². The SMILES string of the molecule is CC/C=C\C/C=C\C/C=C\C/C=C\C/C=C\CCCCCCCCCCCC(=O)OC(CO)COC(=O)CCCCCCCCCCCCCCCCCCCCC. The van der Waals surface area contributed by atoms with Crippen molar-refractivity contribution in [3.63, 3.8) is 0 Å². The van der Waals surface area contributed by atoms with Gasteiger partial charge in [0.25, 0.3) is 0 Å². The number of rotatable bonds is 45. The van der Waals surface area contributed by atoms with Gasteiger partial charge in [-0.3, -0.25) is 9.59 Å². The third-order valence-corrected chi connectivity index (χ3v) is 10.8. The number of aliphatic hydroxyl groups is 1. The Morgan fingerprint density at radius 2 is 0.741 bits per heavy atom. The van der Waals surface area contributed by atoms with E-state index in [-0.39, 0.29) is 25.2 Å². The molecule has 58 heavy (non-hydrogen) atoms. The molecule has 0 spiro atoms. The Labute approximate surface area is 360 Å². The number of esters is 2. The number of unbranched alkanes of at least 4 members (excludes halogenated alkanes) is 27. The molecular formula is C53H94O5. The first kappa shape index (κ1) is 55.6. The van der Waals surface area contributed by atoms with Gasteiger partial charge in [0.2, 0.25) is 0 Å². The molecule has 1 N–H and O–H groups in total. The van der Waals surface area contributed by atoms with Gasteiger partial charge in [-0.15, -0.1) is 0 Å². The van der Waals surface area contributed by atoms with Crippen LogP contribution < -0.4 is 0 Å². The lowest BCUT2D eigenvalue weighted by Crippen LogP contribution is -2.28. The van der Waals surface area contributed by atoms with E-state index in [0.717, 1.165) is 70.6 Å². The number of hydrogen-bond donors (Lipinski definition) is 1. The Kier molecular flexibility index (Phi) is 46.9. The highest BCUT2D eigenvalue weighted by Crippen LogP contribution is 2.16. The first-order valence-electron chi connectivity index (χ1n) is 24.8. The van der Waals surface area contributed by atoms with Crippen molar-refractivity contribution in [2.24, 2.45) is 0 Å². The van der Waals surface area contributed by atoms with E-state index >= 15 is 0 Å². The lowest BCUT2D eigenvalue weighted by Gasteiger charge is -2.15. The molecule has 0 bridgehead atoms. The van der Waals surface area contributed by atoms with Crippen LogP contribution in [0.25, 0.3) is 0 Å². The van der Waals surface area contributed by atoms with Gasteiger partial charge in [0, 0.05) is 12.8 Å². The average molecular weight is 811 g/mol. The molecule has 0 radical (unpaired) electrons. The lowest BCUT2D eigenvalue weighted by atomic mass is 10.0. The van der Waals surface area contributed by atoms with E-state index in [2.05, 4.69) is 74.6 Å². The van der Waals surface area contributed by atoms with Crippen molar-refractivity contribution in [1.29, 1.82) is 0 Å². The van der Waals surface area contributed by atoms with E-state index < -0.39 is 6.10 Å². The predicted octanol–water partition coefficient (Wildman–Crippen LogP) is 16.3. The monoisotopic (exact) mass is 811 g/mol. The van der Waals surface area contributed by atoms with Gasteiger partial charge in [-0.25, -0.2) is 0 Å². The lowest BCUT2D eigenvalue weighted by molar-refractivity contribution is -0.161. The maximum Gasteiger partial charge on any atom is 0.306 e. The maximum atomic E-state index is 12.3. The zero-order valence-corrected chi connectivity index (χ0v) is 38.3. The summed E-state index contributed by atoms with van der Waals surface area (Å²) in [5, 5.41) is 9.62. The molecule has 0 heterocycles. The zero-order chi connectivity index (χ0) is 42.1. The number of carbonyl (C=O) groups is 2. The van der Waals surface area contributed by atoms with E-state index in [4.69, 9.17) is 9.47 Å². The van der Waals surface area contributed by atoms with Crippen LogP contribution in [-0.4, -0.2) is 36.4 Å². The maximum absolute atomic E-state index is 12.3. The summed E-state index contributed by atoms with van der Waals surface area (Å²) in [4.78, 5) is 24.4. The molecule has 0 aliphatic rings. The van der Waals surface area contributed by atoms with Crippen LogP contribution in [0.2, 0.25) is 0 Å². The van der Waals surface area contributed by atoms with Crippen LogP contribution in [-0.2, 0) is 19.1 Å². The second kappa shape index (κ2) is 49.0. The Hall–Kier alpha value is -2.40. The molecule has 5 heteroatoms. The molecule has 0 aliphatic carbocycles. The Balaban J connectivity index is 3.52. The summed E-state index contributed by atoms with van der Waals surface area (Å²) in [7, 11) is 0. The molecule has 0 aromatic heterocycles. The summed E-state index contributed by atoms with van der Waals surface area (Å²) >= 11 is 0. The van der Waals surface area contributed by atoms with Crippen molar-refractivity contribution in [1.82, 2.24) is 0 Å². The Morgan fingerprint density at radius 3 is 1.12 bits per heavy atom. The molecule has 0 saturated heterocycles. The van der Waals surface area contributed by atoms with Gasteiger partial charge in [-0.05, 0) is 57.8 Å². The van der Waals surface area contributed by atoms with Crippen LogP contribution in [0.3, 0.4) is 0 Å². The molecular weight excluding hydrogens is 717 g/mol. The summed E-state index contributed by atoms with van der Waals surface area (Å²) in [6.07, 6.45) is 64.5. The predicted molar refractivity (Wildman–Crippen MR) is 251 cm³/mol. The molecule has 0 rings (SSSR count). The molecule has 0 saturated carbocycles. The second-order valence-electron chi connectivity index (χ2n) is 16.5. The van der Waals surface area contributed by atoms with Crippen LogP contribution in [0.15, 0.2) is 60.8 Å². The average Bonchev–Trinajstić information content (AvgIpc) is 3.23. The van der Waals surface area contributed by atoms with E-state index in [1.807, 2.05) is 0 Å². The number of aliphatic hydroxyl groups excluding tert-OH is 1. The van der Waals surface area contributed by atoms with Crippen molar-refractivity contribution in [2.75, 3.05) is 13.2 Å². The van der Waals surface area contributed by atoms with Crippen molar-refractivity contribution in [2.45, 2.75) is 251 Å². The van der Waals surface area contributed by atoms with Crippen LogP contribution in [0.1, 0.15) is 245 Å². The van der Waals surface area contributed by atoms with Gasteiger partial charge in [-0.1, -0.05) is 235 Å². The molecule has 336 valence electrons. The van der Waals surface area contributed by atoms with E-state index in [0.29, 0.717) is 12.8 Å². The number of carbonyl (C=O) groups excluding carboxylic acids is 2. The fraction of sp³-hybridized carbons (Fsp3) is 0.774. The van der Waals surface area contributed by atoms with E-state index in [9.17, 15) is 14.7 Å². The summed E-state index contributed by atoms with van der Waals surface area (Å²) in [5.74, 6) is -0.590. The molecule has 1 unspecified atom stereocenters. The third-order valence-electron chi connectivity index (χ3n) is 10.8. The van der Waals surface area contributed by atoms with Crippen molar-refractivity contribution < 1.29 is 24.2 Å². The minimum Gasteiger partial charge on any atom is -0.462 e. The van der Waals surface area contributed by atoms with E-state index in [1.165, 1.54) is 148 Å². The van der Waals surface area contributed by atoms with Crippen LogP contribution in [0.4, 0.5) is 0 Å². The summed E-state index contributed by atoms with van der Waals surface area (Å²) in [6, 6.07) is 0. The van der Waals surface area contributed by atoms with Crippen molar-refractivity contribution >= 4 is 11.9 Å². The standard InChI is InChI=1S/C53H94O5/c1-3-5-7-9-11-13-15-17-19-21-23-24-25-26-27-28-30-32-34-36-38-40-42-44-46-48-53(56)58-51(49-54)50-57-52(55)47-45-43-41-39-37-35-33-31-29-22-20-18-16-14-12-10-8-6-4-2/h5,7,11,13,17,19,23-24,26-27,51,54H,3-4,6,8-10,12,14-16,18,20-22,25,28-50H2,1-2H3/b7-5-,13-11-,19-17-,24-23-,27-26-. The minimum atomic E-state index is -0.775. The van der Waals surface area contributed by atoms with Gasteiger partial charge in [0.15, 0.2) is 6.10 Å². The third kappa shape index (κ3) is 46.3. The Bertz CT molecular complexity index is 1010. The van der Waals surface area contributed by atoms with Crippen molar-refractivity contribution in [3.8, 4) is 0 Å². The highest BCUT2D eigenvalue weighted by Gasteiger charge is 2.16. The number of hydrogen-bond acceptors (Lipinski definition) is 5. The van der Waals surface area contributed by atoms with Gasteiger partial charge in [-0.2, -0.15) is 0 Å². The van der Waals surface area contributed by atoms with Gasteiger partial charge >= 0.3 is 11.9 Å². The molecule has 0 fully saturated rings. The largest absolute Gasteiger partial charge is 0.462 e. The second-order valence-corrected chi connectivity index (χ2v) is 16.5. The smallest absolute Gasteiger partial charge is 0.306 e. The molecule has 0 aromatic carbocycles. The first-order valence-corrected chi connectivity index (χ1v) is 24.8. The van der Waals surface area contributed by atoms with Crippen molar-refractivity contribution in [3.05, 3.63) is 60.8 Å². The molecule has 5 nitrogen and oxygen atoms in total. The van der Waals surface area contributed by atoms with Gasteiger partial charge in [0.1, 0.15) is 6.61 Å². The van der Waals surface area contributed by atoms with Crippen LogP contribution in [0.5, 0.6) is 0 Å². The Morgan fingerprint density at radius 1 is 0.414 bits per heavy atom. The summed E-state index contributed by atoms with van der Waals surface area (Å²) in [5.41, 5.74) is 0.